The van der Waals surface area contributed by atoms with Gasteiger partial charge in [0.2, 0.25) is 0 Å². The van der Waals surface area contributed by atoms with Crippen molar-refractivity contribution in [3.63, 3.8) is 0 Å². The van der Waals surface area contributed by atoms with E-state index in [2.05, 4.69) is 26.2 Å². The largest absolute Gasteiger partial charge is 0.311 e. The van der Waals surface area contributed by atoms with E-state index < -0.39 is 0 Å². The van der Waals surface area contributed by atoms with Gasteiger partial charge in [-0.3, -0.25) is 0 Å². The van der Waals surface area contributed by atoms with Gasteiger partial charge in [-0.25, -0.2) is 4.63 Å². The molecular formula is C10H15N3O. The molecule has 0 radical (unpaired) electrons. The van der Waals surface area contributed by atoms with Crippen molar-refractivity contribution in [3.8, 4) is 12.3 Å². The summed E-state index contributed by atoms with van der Waals surface area (Å²) in [7, 11) is 0. The van der Waals surface area contributed by atoms with Crippen LogP contribution in [0.5, 0.6) is 0 Å². The molecule has 0 bridgehead atoms. The maximum absolute atomic E-state index is 5.14. The summed E-state index contributed by atoms with van der Waals surface area (Å²) in [6.07, 6.45) is 8.15. The number of aryl methyl sites for hydroxylation is 1. The number of nitrogens with one attached hydrogen (secondary N) is 1. The van der Waals surface area contributed by atoms with E-state index in [1.54, 1.807) is 0 Å². The standard InChI is InChI=1S/C10H15N3O/c1-3-4-5-6-7-11-8-10-9(2)12-14-13-10/h1,11H,4-8H2,2H3. The first-order valence-corrected chi connectivity index (χ1v) is 4.77. The first kappa shape index (κ1) is 10.7. The minimum Gasteiger partial charge on any atom is -0.311 e. The molecule has 0 amide bonds. The molecule has 0 fully saturated rings. The molecular weight excluding hydrogens is 178 g/mol. The fraction of sp³-hybridized carbons (Fsp3) is 0.600. The second-order valence-electron chi connectivity index (χ2n) is 3.13. The van der Waals surface area contributed by atoms with Crippen molar-refractivity contribution in [1.29, 1.82) is 0 Å². The lowest BCUT2D eigenvalue weighted by Crippen LogP contribution is -2.15. The molecule has 0 aromatic carbocycles. The highest BCUT2D eigenvalue weighted by atomic mass is 16.6. The van der Waals surface area contributed by atoms with Crippen LogP contribution in [0, 0.1) is 19.3 Å². The van der Waals surface area contributed by atoms with Crippen LogP contribution in [0.15, 0.2) is 4.63 Å². The van der Waals surface area contributed by atoms with Crippen molar-refractivity contribution in [2.75, 3.05) is 6.54 Å². The third-order valence-electron chi connectivity index (χ3n) is 1.96. The number of hydrogen-bond acceptors (Lipinski definition) is 4. The summed E-state index contributed by atoms with van der Waals surface area (Å²) in [4.78, 5) is 0. The van der Waals surface area contributed by atoms with E-state index in [0.717, 1.165) is 37.2 Å². The van der Waals surface area contributed by atoms with Gasteiger partial charge < -0.3 is 5.32 Å². The molecule has 0 aliphatic rings. The van der Waals surface area contributed by atoms with Crippen LogP contribution in [0.2, 0.25) is 0 Å². The number of rotatable bonds is 6. The average molecular weight is 193 g/mol. The number of nitrogens with zero attached hydrogens (tertiary/aromatic N) is 2. The maximum atomic E-state index is 5.14. The molecule has 1 N–H and O–H groups in total. The molecule has 1 heterocycles. The van der Waals surface area contributed by atoms with Crippen LogP contribution in [0.3, 0.4) is 0 Å². The fourth-order valence-electron chi connectivity index (χ4n) is 1.09. The van der Waals surface area contributed by atoms with Crippen molar-refractivity contribution < 1.29 is 4.63 Å². The molecule has 4 heteroatoms. The van der Waals surface area contributed by atoms with Crippen molar-refractivity contribution in [3.05, 3.63) is 11.4 Å². The molecule has 0 aliphatic heterocycles. The zero-order chi connectivity index (χ0) is 10.2. The third kappa shape index (κ3) is 3.58. The van der Waals surface area contributed by atoms with Crippen molar-refractivity contribution >= 4 is 0 Å². The first-order chi connectivity index (χ1) is 6.84. The SMILES string of the molecule is C#CCCCCNCc1nonc1C. The van der Waals surface area contributed by atoms with E-state index in [9.17, 15) is 0 Å². The van der Waals surface area contributed by atoms with Crippen molar-refractivity contribution in [1.82, 2.24) is 15.6 Å². The summed E-state index contributed by atoms with van der Waals surface area (Å²) in [6, 6.07) is 0. The number of unbranched alkanes of at least 4 members (excludes halogenated alkanes) is 2. The fourth-order valence-corrected chi connectivity index (χ4v) is 1.09. The lowest BCUT2D eigenvalue weighted by atomic mass is 10.2. The van der Waals surface area contributed by atoms with Crippen LogP contribution in [0.1, 0.15) is 30.7 Å². The minimum atomic E-state index is 0.714. The first-order valence-electron chi connectivity index (χ1n) is 4.77. The summed E-state index contributed by atoms with van der Waals surface area (Å²) in [5.74, 6) is 2.62. The van der Waals surface area contributed by atoms with Gasteiger partial charge in [-0.1, -0.05) is 10.3 Å². The summed E-state index contributed by atoms with van der Waals surface area (Å²) in [5, 5.41) is 10.7. The lowest BCUT2D eigenvalue weighted by molar-refractivity contribution is 0.300. The number of aromatic nitrogens is 2. The Morgan fingerprint density at radius 3 is 2.93 bits per heavy atom. The average Bonchev–Trinajstić information content (AvgIpc) is 2.58. The predicted octanol–water partition coefficient (Wildman–Crippen LogP) is 1.27. The van der Waals surface area contributed by atoms with Gasteiger partial charge >= 0.3 is 0 Å². The van der Waals surface area contributed by atoms with Crippen LogP contribution in [-0.2, 0) is 6.54 Å². The van der Waals surface area contributed by atoms with Gasteiger partial charge in [0.1, 0.15) is 11.4 Å². The van der Waals surface area contributed by atoms with Crippen molar-refractivity contribution in [2.24, 2.45) is 0 Å². The molecule has 4 nitrogen and oxygen atoms in total. The molecule has 1 aromatic rings. The lowest BCUT2D eigenvalue weighted by Gasteiger charge is -2.00. The molecule has 0 aliphatic carbocycles. The van der Waals surface area contributed by atoms with E-state index in [1.165, 1.54) is 0 Å². The Kier molecular flexibility index (Phi) is 4.73. The maximum Gasteiger partial charge on any atom is 0.121 e. The smallest absolute Gasteiger partial charge is 0.121 e. The molecule has 0 saturated heterocycles. The molecule has 14 heavy (non-hydrogen) atoms. The van der Waals surface area contributed by atoms with E-state index in [0.29, 0.717) is 6.54 Å². The second-order valence-corrected chi connectivity index (χ2v) is 3.13. The minimum absolute atomic E-state index is 0.714. The Labute approximate surface area is 84.0 Å². The Morgan fingerprint density at radius 1 is 1.43 bits per heavy atom. The Bertz CT molecular complexity index is 301. The number of terminal acetylenes is 1. The highest BCUT2D eigenvalue weighted by molar-refractivity contribution is 5.03. The Hall–Kier alpha value is -1.34. The second kappa shape index (κ2) is 6.17. The number of hydrogen-bond donors (Lipinski definition) is 1. The molecule has 0 unspecified atom stereocenters. The van der Waals surface area contributed by atoms with Gasteiger partial charge in [-0.2, -0.15) is 0 Å². The molecule has 1 rings (SSSR count). The Morgan fingerprint density at radius 2 is 2.29 bits per heavy atom. The van der Waals surface area contributed by atoms with Gasteiger partial charge in [0.05, 0.1) is 0 Å². The van der Waals surface area contributed by atoms with Crippen molar-refractivity contribution in [2.45, 2.75) is 32.7 Å². The third-order valence-corrected chi connectivity index (χ3v) is 1.96. The summed E-state index contributed by atoms with van der Waals surface area (Å²) in [6.45, 7) is 3.55. The van der Waals surface area contributed by atoms with Crippen LogP contribution < -0.4 is 5.32 Å². The predicted molar refractivity (Wildman–Crippen MR) is 53.4 cm³/mol. The molecule has 0 spiro atoms. The zero-order valence-electron chi connectivity index (χ0n) is 8.42. The highest BCUT2D eigenvalue weighted by Crippen LogP contribution is 1.99. The summed E-state index contributed by atoms with van der Waals surface area (Å²) < 4.78 is 4.57. The topological polar surface area (TPSA) is 51.0 Å². The van der Waals surface area contributed by atoms with E-state index in [-0.39, 0.29) is 0 Å². The van der Waals surface area contributed by atoms with E-state index in [1.807, 2.05) is 6.92 Å². The van der Waals surface area contributed by atoms with E-state index >= 15 is 0 Å². The van der Waals surface area contributed by atoms with Crippen LogP contribution >= 0.6 is 0 Å². The van der Waals surface area contributed by atoms with E-state index in [4.69, 9.17) is 6.42 Å². The van der Waals surface area contributed by atoms with Gasteiger partial charge in [-0.05, 0) is 26.3 Å². The summed E-state index contributed by atoms with van der Waals surface area (Å²) in [5.41, 5.74) is 1.73. The molecule has 76 valence electrons. The quantitative estimate of drug-likeness (QED) is 0.546. The zero-order valence-corrected chi connectivity index (χ0v) is 8.42. The molecule has 1 aromatic heterocycles. The monoisotopic (exact) mass is 193 g/mol. The molecule has 0 saturated carbocycles. The van der Waals surface area contributed by atoms with Gasteiger partial charge in [0, 0.05) is 13.0 Å². The van der Waals surface area contributed by atoms with Crippen LogP contribution in [0.4, 0.5) is 0 Å². The van der Waals surface area contributed by atoms with Gasteiger partial charge in [0.15, 0.2) is 0 Å². The van der Waals surface area contributed by atoms with Crippen LogP contribution in [0.25, 0.3) is 0 Å². The normalized spacial score (nSPS) is 10.0. The summed E-state index contributed by atoms with van der Waals surface area (Å²) >= 11 is 0. The molecule has 0 atom stereocenters. The van der Waals surface area contributed by atoms with Crippen LogP contribution in [-0.4, -0.2) is 16.9 Å². The Balaban J connectivity index is 2.05. The van der Waals surface area contributed by atoms with Gasteiger partial charge in [0.25, 0.3) is 0 Å². The van der Waals surface area contributed by atoms with Gasteiger partial charge in [-0.15, -0.1) is 12.3 Å². The highest BCUT2D eigenvalue weighted by Gasteiger charge is 2.02.